The molecule has 0 aliphatic carbocycles. The van der Waals surface area contributed by atoms with Crippen molar-refractivity contribution in [1.82, 2.24) is 14.9 Å². The van der Waals surface area contributed by atoms with Gasteiger partial charge in [-0.05, 0) is 30.7 Å². The number of H-pyrrole nitrogens is 1. The molecular formula is C17H18N4O. The molecule has 1 aromatic heterocycles. The van der Waals surface area contributed by atoms with Crippen LogP contribution < -0.4 is 5.32 Å². The maximum atomic E-state index is 12.4. The van der Waals surface area contributed by atoms with E-state index in [1.54, 1.807) is 11.2 Å². The van der Waals surface area contributed by atoms with Crippen LogP contribution in [0.2, 0.25) is 0 Å². The van der Waals surface area contributed by atoms with Crippen LogP contribution in [-0.4, -0.2) is 27.4 Å². The van der Waals surface area contributed by atoms with Crippen LogP contribution in [0.3, 0.4) is 0 Å². The molecule has 2 aromatic carbocycles. The Bertz CT molecular complexity index is 766. The molecule has 112 valence electrons. The summed E-state index contributed by atoms with van der Waals surface area (Å²) in [6, 6.07) is 15.5. The first-order chi connectivity index (χ1) is 10.8. The minimum absolute atomic E-state index is 0.106. The molecule has 0 unspecified atom stereocenters. The van der Waals surface area contributed by atoms with Crippen molar-refractivity contribution >= 4 is 22.8 Å². The van der Waals surface area contributed by atoms with Gasteiger partial charge in [-0.15, -0.1) is 0 Å². The van der Waals surface area contributed by atoms with Crippen molar-refractivity contribution in [1.29, 1.82) is 0 Å². The minimum Gasteiger partial charge on any atom is -0.345 e. The van der Waals surface area contributed by atoms with E-state index in [1.807, 2.05) is 55.5 Å². The zero-order valence-corrected chi connectivity index (χ0v) is 12.4. The number of rotatable bonds is 4. The van der Waals surface area contributed by atoms with Gasteiger partial charge >= 0.3 is 6.03 Å². The van der Waals surface area contributed by atoms with Crippen LogP contribution >= 0.6 is 0 Å². The van der Waals surface area contributed by atoms with Crippen LogP contribution in [-0.2, 0) is 6.54 Å². The number of fused-ring (bicyclic) bond motifs is 1. The van der Waals surface area contributed by atoms with Crippen molar-refractivity contribution < 1.29 is 4.79 Å². The summed E-state index contributed by atoms with van der Waals surface area (Å²) in [5.41, 5.74) is 3.66. The van der Waals surface area contributed by atoms with Crippen LogP contribution in [0.5, 0.6) is 0 Å². The highest BCUT2D eigenvalue weighted by Gasteiger charge is 2.12. The largest absolute Gasteiger partial charge is 0.345 e. The van der Waals surface area contributed by atoms with E-state index in [1.165, 1.54) is 0 Å². The molecule has 0 saturated heterocycles. The highest BCUT2D eigenvalue weighted by Crippen LogP contribution is 2.16. The lowest BCUT2D eigenvalue weighted by Gasteiger charge is -2.21. The van der Waals surface area contributed by atoms with Gasteiger partial charge in [0.15, 0.2) is 0 Å². The van der Waals surface area contributed by atoms with E-state index in [9.17, 15) is 4.79 Å². The quantitative estimate of drug-likeness (QED) is 0.772. The van der Waals surface area contributed by atoms with Crippen molar-refractivity contribution in [3.63, 3.8) is 0 Å². The summed E-state index contributed by atoms with van der Waals surface area (Å²) in [5.74, 6) is 0. The number of nitrogens with zero attached hydrogens (tertiary/aromatic N) is 2. The number of aromatic nitrogens is 2. The number of amides is 2. The number of carbonyl (C=O) groups excluding carboxylic acids is 1. The van der Waals surface area contributed by atoms with Gasteiger partial charge in [-0.3, -0.25) is 0 Å². The van der Waals surface area contributed by atoms with Gasteiger partial charge in [0.25, 0.3) is 0 Å². The number of carbonyl (C=O) groups is 1. The molecule has 0 saturated carbocycles. The van der Waals surface area contributed by atoms with Gasteiger partial charge in [0.2, 0.25) is 0 Å². The summed E-state index contributed by atoms with van der Waals surface area (Å²) in [6.07, 6.45) is 1.64. The average Bonchev–Trinajstić information content (AvgIpc) is 3.01. The normalized spacial score (nSPS) is 10.6. The number of hydrogen-bond acceptors (Lipinski definition) is 2. The molecule has 5 nitrogen and oxygen atoms in total. The second-order valence-electron chi connectivity index (χ2n) is 5.06. The Labute approximate surface area is 129 Å². The summed E-state index contributed by atoms with van der Waals surface area (Å²) in [5, 5.41) is 2.93. The Kier molecular flexibility index (Phi) is 4.05. The molecule has 5 heteroatoms. The molecule has 0 bridgehead atoms. The monoisotopic (exact) mass is 294 g/mol. The zero-order valence-electron chi connectivity index (χ0n) is 12.4. The van der Waals surface area contributed by atoms with Crippen LogP contribution in [0.1, 0.15) is 12.5 Å². The molecule has 3 aromatic rings. The van der Waals surface area contributed by atoms with E-state index >= 15 is 0 Å². The fraction of sp³-hybridized carbons (Fsp3) is 0.176. The number of aromatic amines is 1. The van der Waals surface area contributed by atoms with E-state index < -0.39 is 0 Å². The molecule has 2 N–H and O–H groups in total. The first kappa shape index (κ1) is 14.1. The Morgan fingerprint density at radius 3 is 2.82 bits per heavy atom. The Morgan fingerprint density at radius 1 is 1.23 bits per heavy atom. The van der Waals surface area contributed by atoms with E-state index in [0.29, 0.717) is 13.1 Å². The summed E-state index contributed by atoms with van der Waals surface area (Å²) in [4.78, 5) is 21.4. The molecule has 0 atom stereocenters. The van der Waals surface area contributed by atoms with Crippen molar-refractivity contribution in [3.8, 4) is 0 Å². The van der Waals surface area contributed by atoms with Gasteiger partial charge in [-0.1, -0.05) is 30.3 Å². The molecule has 1 heterocycles. The maximum Gasteiger partial charge on any atom is 0.322 e. The van der Waals surface area contributed by atoms with Crippen molar-refractivity contribution in [2.24, 2.45) is 0 Å². The van der Waals surface area contributed by atoms with E-state index in [-0.39, 0.29) is 6.03 Å². The molecule has 0 aliphatic heterocycles. The molecule has 2 amide bonds. The summed E-state index contributed by atoms with van der Waals surface area (Å²) in [7, 11) is 0. The number of imidazole rings is 1. The fourth-order valence-electron chi connectivity index (χ4n) is 2.35. The highest BCUT2D eigenvalue weighted by atomic mass is 16.2. The van der Waals surface area contributed by atoms with E-state index in [0.717, 1.165) is 22.3 Å². The zero-order chi connectivity index (χ0) is 15.4. The average molecular weight is 294 g/mol. The molecular weight excluding hydrogens is 276 g/mol. The topological polar surface area (TPSA) is 61.0 Å². The van der Waals surface area contributed by atoms with Gasteiger partial charge in [0, 0.05) is 18.8 Å². The van der Waals surface area contributed by atoms with Crippen molar-refractivity contribution in [2.75, 3.05) is 11.9 Å². The molecule has 22 heavy (non-hydrogen) atoms. The van der Waals surface area contributed by atoms with Crippen LogP contribution in [0.4, 0.5) is 10.5 Å². The maximum absolute atomic E-state index is 12.4. The molecule has 0 radical (unpaired) electrons. The van der Waals surface area contributed by atoms with Gasteiger partial charge in [-0.25, -0.2) is 9.78 Å². The van der Waals surface area contributed by atoms with Gasteiger partial charge in [0.1, 0.15) is 0 Å². The van der Waals surface area contributed by atoms with E-state index in [2.05, 4.69) is 15.3 Å². The molecule has 0 spiro atoms. The van der Waals surface area contributed by atoms with Gasteiger partial charge in [0.05, 0.1) is 17.4 Å². The number of nitrogens with one attached hydrogen (secondary N) is 2. The van der Waals surface area contributed by atoms with Crippen LogP contribution in [0, 0.1) is 0 Å². The Morgan fingerprint density at radius 2 is 2.05 bits per heavy atom. The van der Waals surface area contributed by atoms with Crippen molar-refractivity contribution in [2.45, 2.75) is 13.5 Å². The standard InChI is InChI=1S/C17H18N4O/c1-2-21(11-13-6-4-3-5-7-13)17(22)20-14-8-9-15-16(10-14)19-12-18-15/h3-10,12H,2,11H2,1H3,(H,18,19)(H,20,22). The first-order valence-corrected chi connectivity index (χ1v) is 7.29. The lowest BCUT2D eigenvalue weighted by atomic mass is 10.2. The van der Waals surface area contributed by atoms with Gasteiger partial charge in [-0.2, -0.15) is 0 Å². The van der Waals surface area contributed by atoms with Crippen LogP contribution in [0.15, 0.2) is 54.9 Å². The highest BCUT2D eigenvalue weighted by molar-refractivity contribution is 5.91. The lowest BCUT2D eigenvalue weighted by Crippen LogP contribution is -2.34. The fourth-order valence-corrected chi connectivity index (χ4v) is 2.35. The van der Waals surface area contributed by atoms with Gasteiger partial charge < -0.3 is 15.2 Å². The number of urea groups is 1. The second-order valence-corrected chi connectivity index (χ2v) is 5.06. The van der Waals surface area contributed by atoms with E-state index in [4.69, 9.17) is 0 Å². The van der Waals surface area contributed by atoms with Crippen LogP contribution in [0.25, 0.3) is 11.0 Å². The Hall–Kier alpha value is -2.82. The summed E-state index contributed by atoms with van der Waals surface area (Å²) < 4.78 is 0. The smallest absolute Gasteiger partial charge is 0.322 e. The third-order valence-corrected chi connectivity index (χ3v) is 3.56. The molecule has 0 fully saturated rings. The third-order valence-electron chi connectivity index (χ3n) is 3.56. The first-order valence-electron chi connectivity index (χ1n) is 7.29. The predicted molar refractivity (Wildman–Crippen MR) is 87.6 cm³/mol. The summed E-state index contributed by atoms with van der Waals surface area (Å²) >= 11 is 0. The predicted octanol–water partition coefficient (Wildman–Crippen LogP) is 3.62. The minimum atomic E-state index is -0.106. The number of hydrogen-bond donors (Lipinski definition) is 2. The number of benzene rings is 2. The van der Waals surface area contributed by atoms with Crippen molar-refractivity contribution in [3.05, 3.63) is 60.4 Å². The Balaban J connectivity index is 1.71. The lowest BCUT2D eigenvalue weighted by molar-refractivity contribution is 0.212. The molecule has 0 aliphatic rings. The number of anilines is 1. The second kappa shape index (κ2) is 6.30. The third kappa shape index (κ3) is 3.09. The molecule has 3 rings (SSSR count). The SMILES string of the molecule is CCN(Cc1ccccc1)C(=O)Nc1ccc2nc[nH]c2c1. The summed E-state index contributed by atoms with van der Waals surface area (Å²) in [6.45, 7) is 3.21.